The molecule has 1 aromatic rings. The van der Waals surface area contributed by atoms with Gasteiger partial charge in [0.25, 0.3) is 0 Å². The Balaban J connectivity index is 1.86. The maximum absolute atomic E-state index is 12.0. The molecule has 0 saturated carbocycles. The van der Waals surface area contributed by atoms with E-state index in [1.807, 2.05) is 38.1 Å². The summed E-state index contributed by atoms with van der Waals surface area (Å²) in [5.41, 5.74) is 1.82. The van der Waals surface area contributed by atoms with Gasteiger partial charge in [0.15, 0.2) is 5.96 Å². The third kappa shape index (κ3) is 7.13. The number of carbonyl (C=O) groups excluding carboxylic acids is 1. The van der Waals surface area contributed by atoms with Gasteiger partial charge >= 0.3 is 0 Å². The van der Waals surface area contributed by atoms with Crippen LogP contribution in [0.4, 0.5) is 5.69 Å². The monoisotopic (exact) mass is 390 g/mol. The maximum Gasteiger partial charge on any atom is 0.224 e. The molecule has 7 heteroatoms. The standard InChI is InChI=1S/C21H34N4O3/c1-16(2)11-19(27)25-18-6-4-5-17(12-18)13-23-20(22-3)24-14-21(7-9-26)8-10-28-15-21/h4-6,12,16,26H,7-11,13-15H2,1-3H3,(H,25,27)(H2,22,23,24). The molecule has 7 nitrogen and oxygen atoms in total. The van der Waals surface area contributed by atoms with Crippen LogP contribution in [0.25, 0.3) is 0 Å². The predicted octanol–water partition coefficient (Wildman–Crippen LogP) is 2.13. The summed E-state index contributed by atoms with van der Waals surface area (Å²) in [6, 6.07) is 7.81. The van der Waals surface area contributed by atoms with Gasteiger partial charge in [-0.2, -0.15) is 0 Å². The third-order valence-electron chi connectivity index (χ3n) is 4.95. The van der Waals surface area contributed by atoms with E-state index in [-0.39, 0.29) is 17.9 Å². The van der Waals surface area contributed by atoms with Crippen LogP contribution in [0.3, 0.4) is 0 Å². The molecule has 1 fully saturated rings. The Kier molecular flexibility index (Phi) is 8.73. The minimum Gasteiger partial charge on any atom is -0.396 e. The van der Waals surface area contributed by atoms with Crippen LogP contribution in [0.5, 0.6) is 0 Å². The molecule has 4 N–H and O–H groups in total. The number of aliphatic imine (C=N–C) groups is 1. The van der Waals surface area contributed by atoms with Crippen molar-refractivity contribution < 1.29 is 14.6 Å². The Morgan fingerprint density at radius 1 is 1.36 bits per heavy atom. The number of rotatable bonds is 9. The topological polar surface area (TPSA) is 95.0 Å². The van der Waals surface area contributed by atoms with E-state index in [1.54, 1.807) is 7.05 Å². The van der Waals surface area contributed by atoms with Gasteiger partial charge < -0.3 is 25.8 Å². The molecule has 0 spiro atoms. The van der Waals surface area contributed by atoms with Crippen molar-refractivity contribution in [1.29, 1.82) is 0 Å². The van der Waals surface area contributed by atoms with E-state index in [0.29, 0.717) is 38.0 Å². The quantitative estimate of drug-likeness (QED) is 0.383. The number of hydrogen-bond donors (Lipinski definition) is 4. The molecule has 1 saturated heterocycles. The van der Waals surface area contributed by atoms with Gasteiger partial charge in [-0.3, -0.25) is 9.79 Å². The molecule has 1 unspecified atom stereocenters. The van der Waals surface area contributed by atoms with Gasteiger partial charge in [0.2, 0.25) is 5.91 Å². The predicted molar refractivity (Wildman–Crippen MR) is 112 cm³/mol. The lowest BCUT2D eigenvalue weighted by Crippen LogP contribution is -2.44. The summed E-state index contributed by atoms with van der Waals surface area (Å²) in [5, 5.41) is 18.9. The Hall–Kier alpha value is -2.12. The molecule has 1 amide bonds. The largest absolute Gasteiger partial charge is 0.396 e. The summed E-state index contributed by atoms with van der Waals surface area (Å²) in [6.45, 7) is 6.92. The highest BCUT2D eigenvalue weighted by atomic mass is 16.5. The lowest BCUT2D eigenvalue weighted by molar-refractivity contribution is -0.116. The fourth-order valence-corrected chi connectivity index (χ4v) is 3.33. The number of guanidine groups is 1. The Morgan fingerprint density at radius 2 is 2.18 bits per heavy atom. The molecule has 1 aliphatic rings. The molecule has 1 aliphatic heterocycles. The molecule has 0 radical (unpaired) electrons. The number of aliphatic hydroxyl groups is 1. The van der Waals surface area contributed by atoms with Crippen molar-refractivity contribution in [3.05, 3.63) is 29.8 Å². The van der Waals surface area contributed by atoms with E-state index in [2.05, 4.69) is 20.9 Å². The van der Waals surface area contributed by atoms with Crippen LogP contribution in [0, 0.1) is 11.3 Å². The van der Waals surface area contributed by atoms with Crippen LogP contribution in [0.15, 0.2) is 29.3 Å². The lowest BCUT2D eigenvalue weighted by Gasteiger charge is -2.27. The van der Waals surface area contributed by atoms with E-state index >= 15 is 0 Å². The molecule has 0 bridgehead atoms. The molecule has 0 aromatic heterocycles. The van der Waals surface area contributed by atoms with Crippen molar-refractivity contribution >= 4 is 17.6 Å². The van der Waals surface area contributed by atoms with E-state index in [1.165, 1.54) is 0 Å². The molecule has 0 aliphatic carbocycles. The van der Waals surface area contributed by atoms with Crippen molar-refractivity contribution in [1.82, 2.24) is 10.6 Å². The zero-order valence-electron chi connectivity index (χ0n) is 17.3. The Labute approximate surface area is 168 Å². The smallest absolute Gasteiger partial charge is 0.224 e. The van der Waals surface area contributed by atoms with E-state index in [4.69, 9.17) is 4.74 Å². The van der Waals surface area contributed by atoms with Crippen molar-refractivity contribution in [2.75, 3.05) is 38.7 Å². The van der Waals surface area contributed by atoms with Gasteiger partial charge in [0.1, 0.15) is 0 Å². The first-order valence-electron chi connectivity index (χ1n) is 9.98. The minimum absolute atomic E-state index is 0.0329. The molecule has 28 heavy (non-hydrogen) atoms. The van der Waals surface area contributed by atoms with Crippen molar-refractivity contribution in [2.24, 2.45) is 16.3 Å². The second-order valence-electron chi connectivity index (χ2n) is 7.90. The third-order valence-corrected chi connectivity index (χ3v) is 4.95. The zero-order valence-corrected chi connectivity index (χ0v) is 17.3. The van der Waals surface area contributed by atoms with Gasteiger partial charge in [-0.15, -0.1) is 0 Å². The Bertz CT molecular complexity index is 655. The molecule has 1 aromatic carbocycles. The zero-order chi connectivity index (χ0) is 20.4. The number of aliphatic hydroxyl groups excluding tert-OH is 1. The molecule has 156 valence electrons. The SMILES string of the molecule is CN=C(NCc1cccc(NC(=O)CC(C)C)c1)NCC1(CCO)CCOC1. The summed E-state index contributed by atoms with van der Waals surface area (Å²) in [6.07, 6.45) is 2.17. The van der Waals surface area contributed by atoms with E-state index in [0.717, 1.165) is 30.7 Å². The average molecular weight is 391 g/mol. The summed E-state index contributed by atoms with van der Waals surface area (Å²) >= 11 is 0. The second-order valence-corrected chi connectivity index (χ2v) is 7.90. The summed E-state index contributed by atoms with van der Waals surface area (Å²) in [5.74, 6) is 1.07. The summed E-state index contributed by atoms with van der Waals surface area (Å²) in [4.78, 5) is 16.2. The van der Waals surface area contributed by atoms with E-state index in [9.17, 15) is 9.90 Å². The lowest BCUT2D eigenvalue weighted by atomic mass is 9.84. The van der Waals surface area contributed by atoms with Crippen LogP contribution in [-0.4, -0.2) is 50.4 Å². The highest BCUT2D eigenvalue weighted by Crippen LogP contribution is 2.31. The van der Waals surface area contributed by atoms with Crippen molar-refractivity contribution in [3.8, 4) is 0 Å². The number of nitrogens with one attached hydrogen (secondary N) is 3. The van der Waals surface area contributed by atoms with Crippen LogP contribution < -0.4 is 16.0 Å². The molecular formula is C21H34N4O3. The van der Waals surface area contributed by atoms with Crippen LogP contribution in [0.2, 0.25) is 0 Å². The van der Waals surface area contributed by atoms with Crippen molar-refractivity contribution in [3.63, 3.8) is 0 Å². The number of amides is 1. The van der Waals surface area contributed by atoms with Crippen molar-refractivity contribution in [2.45, 2.75) is 39.7 Å². The van der Waals surface area contributed by atoms with Crippen LogP contribution >= 0.6 is 0 Å². The number of benzene rings is 1. The number of anilines is 1. The average Bonchev–Trinajstić information content (AvgIpc) is 3.10. The number of carbonyl (C=O) groups is 1. The first kappa shape index (κ1) is 22.2. The highest BCUT2D eigenvalue weighted by molar-refractivity contribution is 5.90. The van der Waals surface area contributed by atoms with Gasteiger partial charge in [0.05, 0.1) is 6.61 Å². The molecule has 1 heterocycles. The van der Waals surface area contributed by atoms with Crippen LogP contribution in [-0.2, 0) is 16.1 Å². The Morgan fingerprint density at radius 3 is 2.82 bits per heavy atom. The number of nitrogens with zero attached hydrogens (tertiary/aromatic N) is 1. The fraction of sp³-hybridized carbons (Fsp3) is 0.619. The van der Waals surface area contributed by atoms with Gasteiger partial charge in [-0.1, -0.05) is 26.0 Å². The molecule has 2 rings (SSSR count). The van der Waals surface area contributed by atoms with Gasteiger partial charge in [0, 0.05) is 50.9 Å². The molecule has 1 atom stereocenters. The van der Waals surface area contributed by atoms with E-state index < -0.39 is 0 Å². The maximum atomic E-state index is 12.0. The second kappa shape index (κ2) is 11.0. The minimum atomic E-state index is -0.0347. The first-order chi connectivity index (χ1) is 13.5. The number of hydrogen-bond acceptors (Lipinski definition) is 4. The number of ether oxygens (including phenoxy) is 1. The van der Waals surface area contributed by atoms with Gasteiger partial charge in [-0.25, -0.2) is 0 Å². The normalized spacial score (nSPS) is 19.7. The summed E-state index contributed by atoms with van der Waals surface area (Å²) < 4.78 is 5.53. The van der Waals surface area contributed by atoms with Gasteiger partial charge in [-0.05, 0) is 36.5 Å². The first-order valence-corrected chi connectivity index (χ1v) is 9.98. The fourth-order valence-electron chi connectivity index (χ4n) is 3.33. The highest BCUT2D eigenvalue weighted by Gasteiger charge is 2.34. The van der Waals surface area contributed by atoms with Crippen LogP contribution in [0.1, 0.15) is 38.7 Å². The molecular weight excluding hydrogens is 356 g/mol. The summed E-state index contributed by atoms with van der Waals surface area (Å²) in [7, 11) is 1.74.